The first-order valence-corrected chi connectivity index (χ1v) is 7.85. The molecule has 21 heavy (non-hydrogen) atoms. The standard InChI is InChI=1S/C15H18BrN5/c1-12-6-13(8-17-7-12)11-20-2-4-21(5-3-20)15-18-9-14(16)10-19-15/h6-10H,2-5,11H2,1H3. The van der Waals surface area contributed by atoms with Gasteiger partial charge in [-0.3, -0.25) is 9.88 Å². The Morgan fingerprint density at radius 2 is 1.76 bits per heavy atom. The summed E-state index contributed by atoms with van der Waals surface area (Å²) < 4.78 is 0.914. The molecule has 1 aliphatic heterocycles. The van der Waals surface area contributed by atoms with Crippen LogP contribution in [-0.2, 0) is 6.54 Å². The fraction of sp³-hybridized carbons (Fsp3) is 0.400. The van der Waals surface area contributed by atoms with Gasteiger partial charge in [-0.2, -0.15) is 0 Å². The zero-order valence-electron chi connectivity index (χ0n) is 12.0. The van der Waals surface area contributed by atoms with Crippen molar-refractivity contribution >= 4 is 21.9 Å². The largest absolute Gasteiger partial charge is 0.338 e. The summed E-state index contributed by atoms with van der Waals surface area (Å²) in [6.07, 6.45) is 7.45. The maximum atomic E-state index is 4.36. The average molecular weight is 348 g/mol. The molecule has 3 rings (SSSR count). The van der Waals surface area contributed by atoms with E-state index in [0.717, 1.165) is 43.1 Å². The molecule has 0 aliphatic carbocycles. The number of aryl methyl sites for hydroxylation is 1. The number of halogens is 1. The molecule has 0 radical (unpaired) electrons. The van der Waals surface area contributed by atoms with Gasteiger partial charge in [0, 0.05) is 57.5 Å². The van der Waals surface area contributed by atoms with E-state index in [2.05, 4.69) is 53.7 Å². The fourth-order valence-corrected chi connectivity index (χ4v) is 2.74. The number of hydrogen-bond donors (Lipinski definition) is 0. The summed E-state index contributed by atoms with van der Waals surface area (Å²) in [6, 6.07) is 2.21. The van der Waals surface area contributed by atoms with Gasteiger partial charge in [0.25, 0.3) is 0 Å². The lowest BCUT2D eigenvalue weighted by Gasteiger charge is -2.34. The monoisotopic (exact) mass is 347 g/mol. The fourth-order valence-electron chi connectivity index (χ4n) is 2.54. The summed E-state index contributed by atoms with van der Waals surface area (Å²) in [5, 5.41) is 0. The van der Waals surface area contributed by atoms with Gasteiger partial charge in [0.15, 0.2) is 0 Å². The Hall–Kier alpha value is -1.53. The molecule has 3 heterocycles. The molecule has 110 valence electrons. The van der Waals surface area contributed by atoms with E-state index in [4.69, 9.17) is 0 Å². The molecule has 0 spiro atoms. The van der Waals surface area contributed by atoms with Gasteiger partial charge in [-0.1, -0.05) is 6.07 Å². The van der Waals surface area contributed by atoms with Crippen molar-refractivity contribution < 1.29 is 0 Å². The van der Waals surface area contributed by atoms with E-state index in [1.54, 1.807) is 12.4 Å². The first-order valence-electron chi connectivity index (χ1n) is 7.06. The van der Waals surface area contributed by atoms with Crippen LogP contribution in [0.1, 0.15) is 11.1 Å². The lowest BCUT2D eigenvalue weighted by atomic mass is 10.2. The van der Waals surface area contributed by atoms with Crippen LogP contribution in [0.25, 0.3) is 0 Å². The van der Waals surface area contributed by atoms with Gasteiger partial charge in [-0.15, -0.1) is 0 Å². The highest BCUT2D eigenvalue weighted by atomic mass is 79.9. The Balaban J connectivity index is 1.56. The molecule has 0 saturated carbocycles. The molecular formula is C15H18BrN5. The smallest absolute Gasteiger partial charge is 0.225 e. The van der Waals surface area contributed by atoms with Crippen LogP contribution < -0.4 is 4.90 Å². The molecule has 1 fully saturated rings. The summed E-state index contributed by atoms with van der Waals surface area (Å²) in [4.78, 5) is 17.7. The first kappa shape index (κ1) is 14.4. The van der Waals surface area contributed by atoms with Crippen LogP contribution in [0.4, 0.5) is 5.95 Å². The molecule has 5 nitrogen and oxygen atoms in total. The third-order valence-corrected chi connectivity index (χ3v) is 4.01. The molecule has 0 unspecified atom stereocenters. The van der Waals surface area contributed by atoms with E-state index in [0.29, 0.717) is 0 Å². The summed E-state index contributed by atoms with van der Waals surface area (Å²) in [5.41, 5.74) is 2.50. The van der Waals surface area contributed by atoms with Gasteiger partial charge in [0.2, 0.25) is 5.95 Å². The first-order chi connectivity index (χ1) is 10.2. The summed E-state index contributed by atoms with van der Waals surface area (Å²) >= 11 is 3.36. The van der Waals surface area contributed by atoms with Gasteiger partial charge in [0.05, 0.1) is 4.47 Å². The number of piperazine rings is 1. The van der Waals surface area contributed by atoms with Crippen molar-refractivity contribution in [3.63, 3.8) is 0 Å². The summed E-state index contributed by atoms with van der Waals surface area (Å²) in [6.45, 7) is 7.01. The van der Waals surface area contributed by atoms with Gasteiger partial charge in [-0.25, -0.2) is 9.97 Å². The Labute approximate surface area is 133 Å². The Morgan fingerprint density at radius 1 is 1.05 bits per heavy atom. The van der Waals surface area contributed by atoms with E-state index in [1.165, 1.54) is 11.1 Å². The Kier molecular flexibility index (Phi) is 4.45. The lowest BCUT2D eigenvalue weighted by Crippen LogP contribution is -2.46. The minimum absolute atomic E-state index is 0.815. The average Bonchev–Trinajstić information content (AvgIpc) is 2.49. The molecule has 0 aromatic carbocycles. The van der Waals surface area contributed by atoms with Crippen LogP contribution in [0.2, 0.25) is 0 Å². The molecule has 0 atom stereocenters. The third kappa shape index (κ3) is 3.77. The van der Waals surface area contributed by atoms with Crippen molar-refractivity contribution in [2.75, 3.05) is 31.1 Å². The van der Waals surface area contributed by atoms with E-state index >= 15 is 0 Å². The van der Waals surface area contributed by atoms with Crippen molar-refractivity contribution in [3.05, 3.63) is 46.5 Å². The van der Waals surface area contributed by atoms with Crippen LogP contribution in [0.5, 0.6) is 0 Å². The highest BCUT2D eigenvalue weighted by Crippen LogP contribution is 2.14. The second-order valence-corrected chi connectivity index (χ2v) is 6.25. The number of hydrogen-bond acceptors (Lipinski definition) is 5. The Morgan fingerprint density at radius 3 is 2.43 bits per heavy atom. The maximum Gasteiger partial charge on any atom is 0.225 e. The zero-order valence-corrected chi connectivity index (χ0v) is 13.6. The second kappa shape index (κ2) is 6.49. The highest BCUT2D eigenvalue weighted by Gasteiger charge is 2.18. The third-order valence-electron chi connectivity index (χ3n) is 3.60. The van der Waals surface area contributed by atoms with Crippen molar-refractivity contribution in [2.24, 2.45) is 0 Å². The molecule has 0 N–H and O–H groups in total. The van der Waals surface area contributed by atoms with Crippen molar-refractivity contribution in [3.8, 4) is 0 Å². The van der Waals surface area contributed by atoms with E-state index < -0.39 is 0 Å². The normalized spacial score (nSPS) is 16.2. The molecule has 1 aliphatic rings. The SMILES string of the molecule is Cc1cncc(CN2CCN(c3ncc(Br)cn3)CC2)c1. The molecule has 2 aromatic rings. The predicted octanol–water partition coefficient (Wildman–Crippen LogP) is 2.26. The van der Waals surface area contributed by atoms with Crippen LogP contribution in [-0.4, -0.2) is 46.0 Å². The van der Waals surface area contributed by atoms with Crippen LogP contribution >= 0.6 is 15.9 Å². The van der Waals surface area contributed by atoms with E-state index in [-0.39, 0.29) is 0 Å². The van der Waals surface area contributed by atoms with E-state index in [1.807, 2.05) is 12.4 Å². The maximum absolute atomic E-state index is 4.36. The number of rotatable bonds is 3. The second-order valence-electron chi connectivity index (χ2n) is 5.34. The molecule has 6 heteroatoms. The van der Waals surface area contributed by atoms with Gasteiger partial charge in [0.1, 0.15) is 0 Å². The van der Waals surface area contributed by atoms with Crippen LogP contribution in [0, 0.1) is 6.92 Å². The number of nitrogens with zero attached hydrogens (tertiary/aromatic N) is 5. The summed E-state index contributed by atoms with van der Waals surface area (Å²) in [7, 11) is 0. The van der Waals surface area contributed by atoms with Crippen LogP contribution in [0.3, 0.4) is 0 Å². The zero-order chi connectivity index (χ0) is 14.7. The molecule has 1 saturated heterocycles. The predicted molar refractivity (Wildman–Crippen MR) is 86.2 cm³/mol. The Bertz CT molecular complexity index is 593. The quantitative estimate of drug-likeness (QED) is 0.852. The molecule has 2 aromatic heterocycles. The number of aromatic nitrogens is 3. The van der Waals surface area contributed by atoms with Gasteiger partial charge in [-0.05, 0) is 34.0 Å². The van der Waals surface area contributed by atoms with Gasteiger partial charge >= 0.3 is 0 Å². The minimum Gasteiger partial charge on any atom is -0.338 e. The minimum atomic E-state index is 0.815. The molecular weight excluding hydrogens is 330 g/mol. The van der Waals surface area contributed by atoms with Crippen molar-refractivity contribution in [2.45, 2.75) is 13.5 Å². The number of anilines is 1. The summed E-state index contributed by atoms with van der Waals surface area (Å²) in [5.74, 6) is 0.815. The van der Waals surface area contributed by atoms with Crippen LogP contribution in [0.15, 0.2) is 35.3 Å². The van der Waals surface area contributed by atoms with Crippen molar-refractivity contribution in [1.29, 1.82) is 0 Å². The van der Waals surface area contributed by atoms with Gasteiger partial charge < -0.3 is 4.90 Å². The highest BCUT2D eigenvalue weighted by molar-refractivity contribution is 9.10. The lowest BCUT2D eigenvalue weighted by molar-refractivity contribution is 0.248. The molecule has 0 bridgehead atoms. The van der Waals surface area contributed by atoms with E-state index in [9.17, 15) is 0 Å². The topological polar surface area (TPSA) is 45.2 Å². The molecule has 0 amide bonds. The van der Waals surface area contributed by atoms with Crippen molar-refractivity contribution in [1.82, 2.24) is 19.9 Å². The number of pyridine rings is 1.